The van der Waals surface area contributed by atoms with E-state index in [0.717, 1.165) is 37.6 Å². The van der Waals surface area contributed by atoms with Gasteiger partial charge >= 0.3 is 0 Å². The van der Waals surface area contributed by atoms with Gasteiger partial charge in [0.1, 0.15) is 0 Å². The minimum atomic E-state index is 0.258. The first kappa shape index (κ1) is 12.8. The highest BCUT2D eigenvalue weighted by Crippen LogP contribution is 2.54. The van der Waals surface area contributed by atoms with Crippen LogP contribution >= 0.6 is 0 Å². The van der Waals surface area contributed by atoms with E-state index in [2.05, 4.69) is 5.32 Å². The van der Waals surface area contributed by atoms with Crippen molar-refractivity contribution in [1.82, 2.24) is 5.32 Å². The fourth-order valence-electron chi connectivity index (χ4n) is 2.70. The molecule has 4 heteroatoms. The van der Waals surface area contributed by atoms with Crippen molar-refractivity contribution in [2.45, 2.75) is 25.7 Å². The van der Waals surface area contributed by atoms with E-state index in [4.69, 9.17) is 9.47 Å². The maximum Gasteiger partial charge on any atom is 0.223 e. The summed E-state index contributed by atoms with van der Waals surface area (Å²) in [5, 5.41) is 3.01. The van der Waals surface area contributed by atoms with Crippen LogP contribution in [0.2, 0.25) is 0 Å². The van der Waals surface area contributed by atoms with Crippen molar-refractivity contribution >= 4 is 5.91 Å². The minimum Gasteiger partial charge on any atom is -0.382 e. The van der Waals surface area contributed by atoms with Crippen molar-refractivity contribution in [3.63, 3.8) is 0 Å². The van der Waals surface area contributed by atoms with E-state index < -0.39 is 0 Å². The van der Waals surface area contributed by atoms with Gasteiger partial charge in [0.25, 0.3) is 0 Å². The van der Waals surface area contributed by atoms with Crippen LogP contribution in [0.25, 0.3) is 0 Å². The van der Waals surface area contributed by atoms with Gasteiger partial charge in [-0.3, -0.25) is 4.79 Å². The van der Waals surface area contributed by atoms with Crippen molar-refractivity contribution in [3.8, 4) is 0 Å². The number of fused-ring (bicyclic) bond motifs is 1. The molecule has 2 aliphatic carbocycles. The molecule has 0 aliphatic heterocycles. The molecule has 0 heterocycles. The average molecular weight is 241 g/mol. The summed E-state index contributed by atoms with van der Waals surface area (Å²) >= 11 is 0. The Morgan fingerprint density at radius 1 is 1.18 bits per heavy atom. The van der Waals surface area contributed by atoms with E-state index >= 15 is 0 Å². The maximum atomic E-state index is 11.8. The van der Waals surface area contributed by atoms with Gasteiger partial charge in [0.15, 0.2) is 0 Å². The number of amides is 1. The maximum absolute atomic E-state index is 11.8. The summed E-state index contributed by atoms with van der Waals surface area (Å²) in [6.07, 6.45) is 4.51. The lowest BCUT2D eigenvalue weighted by molar-refractivity contribution is -0.125. The summed E-state index contributed by atoms with van der Waals surface area (Å²) in [5.41, 5.74) is 0. The quantitative estimate of drug-likeness (QED) is 0.650. The molecule has 2 aliphatic rings. The van der Waals surface area contributed by atoms with Crippen LogP contribution in [0.1, 0.15) is 25.7 Å². The molecule has 1 N–H and O–H groups in total. The van der Waals surface area contributed by atoms with E-state index in [1.807, 2.05) is 0 Å². The van der Waals surface area contributed by atoms with Crippen molar-refractivity contribution in [3.05, 3.63) is 0 Å². The summed E-state index contributed by atoms with van der Waals surface area (Å²) in [7, 11) is 1.66. The fraction of sp³-hybridized carbons (Fsp3) is 0.923. The molecule has 17 heavy (non-hydrogen) atoms. The number of hydrogen-bond donors (Lipinski definition) is 1. The minimum absolute atomic E-state index is 0.258. The molecule has 0 aromatic rings. The molecule has 2 saturated carbocycles. The van der Waals surface area contributed by atoms with Crippen LogP contribution in [0.15, 0.2) is 0 Å². The zero-order valence-electron chi connectivity index (χ0n) is 10.6. The average Bonchev–Trinajstić information content (AvgIpc) is 2.95. The van der Waals surface area contributed by atoms with Crippen LogP contribution in [-0.4, -0.2) is 39.4 Å². The molecular weight excluding hydrogens is 218 g/mol. The molecule has 0 aromatic carbocycles. The van der Waals surface area contributed by atoms with E-state index in [1.54, 1.807) is 7.11 Å². The van der Waals surface area contributed by atoms with E-state index in [1.165, 1.54) is 6.42 Å². The molecule has 2 atom stereocenters. The summed E-state index contributed by atoms with van der Waals surface area (Å²) in [6.45, 7) is 2.70. The number of nitrogens with one attached hydrogen (secondary N) is 1. The molecule has 0 saturated heterocycles. The lowest BCUT2D eigenvalue weighted by Gasteiger charge is -2.12. The SMILES string of the molecule is COCCOCCCNC(=O)C1CC2CC2C1. The van der Waals surface area contributed by atoms with Crippen molar-refractivity contribution in [2.75, 3.05) is 33.5 Å². The normalized spacial score (nSPS) is 30.1. The second kappa shape index (κ2) is 6.36. The molecule has 1 amide bonds. The largest absolute Gasteiger partial charge is 0.382 e. The van der Waals surface area contributed by atoms with E-state index in [0.29, 0.717) is 25.7 Å². The predicted octanol–water partition coefficient (Wildman–Crippen LogP) is 1.20. The molecular formula is C13H23NO3. The van der Waals surface area contributed by atoms with Gasteiger partial charge in [-0.2, -0.15) is 0 Å². The fourth-order valence-corrected chi connectivity index (χ4v) is 2.70. The molecule has 4 nitrogen and oxygen atoms in total. The Morgan fingerprint density at radius 3 is 2.65 bits per heavy atom. The highest BCUT2D eigenvalue weighted by Gasteiger charge is 2.47. The third-order valence-electron chi connectivity index (χ3n) is 3.81. The number of rotatable bonds is 8. The molecule has 0 spiro atoms. The molecule has 0 bridgehead atoms. The van der Waals surface area contributed by atoms with Crippen molar-refractivity contribution < 1.29 is 14.3 Å². The van der Waals surface area contributed by atoms with Crippen LogP contribution in [0.5, 0.6) is 0 Å². The summed E-state index contributed by atoms with van der Waals surface area (Å²) < 4.78 is 10.2. The van der Waals surface area contributed by atoms with E-state index in [9.17, 15) is 4.79 Å². The zero-order chi connectivity index (χ0) is 12.1. The monoisotopic (exact) mass is 241 g/mol. The molecule has 0 radical (unpaired) electrons. The Kier molecular flexibility index (Phi) is 4.80. The Balaban J connectivity index is 1.43. The number of hydrogen-bond acceptors (Lipinski definition) is 3. The second-order valence-electron chi connectivity index (χ2n) is 5.17. The number of carbonyl (C=O) groups is 1. The summed E-state index contributed by atoms with van der Waals surface area (Å²) in [6, 6.07) is 0. The highest BCUT2D eigenvalue weighted by molar-refractivity contribution is 5.79. The van der Waals surface area contributed by atoms with Gasteiger partial charge < -0.3 is 14.8 Å². The van der Waals surface area contributed by atoms with Crippen LogP contribution in [0.3, 0.4) is 0 Å². The lowest BCUT2D eigenvalue weighted by Crippen LogP contribution is -2.31. The summed E-state index contributed by atoms with van der Waals surface area (Å²) in [5.74, 6) is 2.31. The van der Waals surface area contributed by atoms with Gasteiger partial charge in [0.05, 0.1) is 13.2 Å². The van der Waals surface area contributed by atoms with E-state index in [-0.39, 0.29) is 5.91 Å². The van der Waals surface area contributed by atoms with Crippen LogP contribution in [0, 0.1) is 17.8 Å². The highest BCUT2D eigenvalue weighted by atomic mass is 16.5. The van der Waals surface area contributed by atoms with Gasteiger partial charge in [0.2, 0.25) is 5.91 Å². The Labute approximate surface area is 103 Å². The lowest BCUT2D eigenvalue weighted by atomic mass is 10.0. The standard InChI is InChI=1S/C13H23NO3/c1-16-5-6-17-4-2-3-14-13(15)12-8-10-7-11(10)9-12/h10-12H,2-9H2,1H3,(H,14,15). The number of carbonyl (C=O) groups excluding carboxylic acids is 1. The molecule has 2 fully saturated rings. The first-order valence-electron chi connectivity index (χ1n) is 6.65. The van der Waals surface area contributed by atoms with Crippen LogP contribution in [-0.2, 0) is 14.3 Å². The third kappa shape index (κ3) is 3.96. The smallest absolute Gasteiger partial charge is 0.223 e. The third-order valence-corrected chi connectivity index (χ3v) is 3.81. The molecule has 2 rings (SSSR count). The van der Waals surface area contributed by atoms with Crippen molar-refractivity contribution in [2.24, 2.45) is 17.8 Å². The second-order valence-corrected chi connectivity index (χ2v) is 5.17. The van der Waals surface area contributed by atoms with Gasteiger partial charge in [-0.05, 0) is 37.5 Å². The zero-order valence-corrected chi connectivity index (χ0v) is 10.6. The van der Waals surface area contributed by atoms with Gasteiger partial charge in [-0.25, -0.2) is 0 Å². The van der Waals surface area contributed by atoms with Crippen molar-refractivity contribution in [1.29, 1.82) is 0 Å². The van der Waals surface area contributed by atoms with Gasteiger partial charge in [0, 0.05) is 26.2 Å². The van der Waals surface area contributed by atoms with Gasteiger partial charge in [-0.15, -0.1) is 0 Å². The Bertz CT molecular complexity index is 247. The molecule has 2 unspecified atom stereocenters. The molecule has 0 aromatic heterocycles. The summed E-state index contributed by atoms with van der Waals surface area (Å²) in [4.78, 5) is 11.8. The van der Waals surface area contributed by atoms with Crippen LogP contribution < -0.4 is 5.32 Å². The van der Waals surface area contributed by atoms with Crippen LogP contribution in [0.4, 0.5) is 0 Å². The predicted molar refractivity (Wildman–Crippen MR) is 64.6 cm³/mol. The topological polar surface area (TPSA) is 47.6 Å². The number of ether oxygens (including phenoxy) is 2. The Morgan fingerprint density at radius 2 is 1.94 bits per heavy atom. The van der Waals surface area contributed by atoms with Gasteiger partial charge in [-0.1, -0.05) is 0 Å². The Hall–Kier alpha value is -0.610. The first-order chi connectivity index (χ1) is 8.31. The molecule has 98 valence electrons. The number of methoxy groups -OCH3 is 1. The first-order valence-corrected chi connectivity index (χ1v) is 6.65.